The summed E-state index contributed by atoms with van der Waals surface area (Å²) in [4.78, 5) is 38.2. The Labute approximate surface area is 197 Å². The molecule has 178 valence electrons. The van der Waals surface area contributed by atoms with Crippen LogP contribution in [0.15, 0.2) is 58.6 Å². The number of amides is 1. The topological polar surface area (TPSA) is 133 Å². The zero-order chi connectivity index (χ0) is 24.0. The third kappa shape index (κ3) is 5.96. The van der Waals surface area contributed by atoms with E-state index in [1.807, 2.05) is 30.3 Å². The van der Waals surface area contributed by atoms with Gasteiger partial charge >= 0.3 is 0 Å². The van der Waals surface area contributed by atoms with Gasteiger partial charge in [-0.15, -0.1) is 5.48 Å². The Kier molecular flexibility index (Phi) is 7.17. The number of benzene rings is 1. The van der Waals surface area contributed by atoms with Gasteiger partial charge in [-0.2, -0.15) is 5.10 Å². The zero-order valence-corrected chi connectivity index (χ0v) is 19.3. The fraction of sp³-hybridized carbons (Fsp3) is 0.375. The van der Waals surface area contributed by atoms with E-state index in [-0.39, 0.29) is 23.0 Å². The van der Waals surface area contributed by atoms with Gasteiger partial charge in [0.25, 0.3) is 5.56 Å². The number of H-pyrrole nitrogens is 1. The van der Waals surface area contributed by atoms with Crippen molar-refractivity contribution in [1.29, 1.82) is 0 Å². The van der Waals surface area contributed by atoms with E-state index in [9.17, 15) is 9.59 Å². The lowest BCUT2D eigenvalue weighted by Crippen LogP contribution is -2.38. The quantitative estimate of drug-likeness (QED) is 0.363. The van der Waals surface area contributed by atoms with E-state index in [2.05, 4.69) is 50.1 Å². The van der Waals surface area contributed by atoms with Crippen molar-refractivity contribution < 1.29 is 9.63 Å². The summed E-state index contributed by atoms with van der Waals surface area (Å²) in [5.74, 6) is 1.20. The van der Waals surface area contributed by atoms with Gasteiger partial charge in [0.2, 0.25) is 11.8 Å². The van der Waals surface area contributed by atoms with Crippen LogP contribution in [0.2, 0.25) is 0 Å². The average Bonchev–Trinajstić information content (AvgIpc) is 3.32. The minimum absolute atomic E-state index is 0.0158. The van der Waals surface area contributed by atoms with Gasteiger partial charge in [0.1, 0.15) is 0 Å². The molecule has 10 heteroatoms. The van der Waals surface area contributed by atoms with Crippen molar-refractivity contribution in [3.8, 4) is 0 Å². The number of carbonyl (C=O) groups excluding carboxylic acids is 1. The van der Waals surface area contributed by atoms with Crippen LogP contribution in [-0.4, -0.2) is 40.1 Å². The third-order valence-electron chi connectivity index (χ3n) is 5.57. The molecule has 34 heavy (non-hydrogen) atoms. The maximum absolute atomic E-state index is 12.3. The molecule has 0 aliphatic carbocycles. The first kappa shape index (κ1) is 23.4. The van der Waals surface area contributed by atoms with Crippen LogP contribution in [0.3, 0.4) is 0 Å². The molecular formula is C24H29N7O3. The fourth-order valence-corrected chi connectivity index (χ4v) is 3.59. The number of aromatic nitrogens is 3. The van der Waals surface area contributed by atoms with E-state index >= 15 is 0 Å². The number of pyridine rings is 1. The Hall–Kier alpha value is -3.79. The molecule has 0 fully saturated rings. The molecule has 3 aromatic rings. The van der Waals surface area contributed by atoms with Crippen molar-refractivity contribution in [2.75, 3.05) is 18.4 Å². The smallest absolute Gasteiger partial charge is 0.272 e. The molecule has 1 aliphatic rings. The number of rotatable bonds is 10. The minimum atomic E-state index is -0.241. The molecule has 0 bridgehead atoms. The summed E-state index contributed by atoms with van der Waals surface area (Å²) in [7, 11) is 0. The largest absolute Gasteiger partial charge is 0.391 e. The number of nitrogens with one attached hydrogen (secondary N) is 4. The molecule has 10 nitrogen and oxygen atoms in total. The Morgan fingerprint density at radius 3 is 2.68 bits per heavy atom. The predicted octanol–water partition coefficient (Wildman–Crippen LogP) is 2.67. The maximum Gasteiger partial charge on any atom is 0.272 e. The highest BCUT2D eigenvalue weighted by Gasteiger charge is 2.21. The van der Waals surface area contributed by atoms with Crippen molar-refractivity contribution in [1.82, 2.24) is 26.0 Å². The SMILES string of the molecule is CC(C)(CNC(=O)CCCC1=NC(c2ccncc2)NO1)CNc1n[nH]c(=O)c2ccccc12. The van der Waals surface area contributed by atoms with E-state index in [4.69, 9.17) is 4.84 Å². The van der Waals surface area contributed by atoms with E-state index in [0.717, 1.165) is 10.9 Å². The summed E-state index contributed by atoms with van der Waals surface area (Å²) in [6.07, 6.45) is 4.79. The van der Waals surface area contributed by atoms with Crippen molar-refractivity contribution in [2.24, 2.45) is 10.4 Å². The molecule has 0 saturated carbocycles. The number of anilines is 1. The van der Waals surface area contributed by atoms with Crippen LogP contribution in [0.25, 0.3) is 10.8 Å². The van der Waals surface area contributed by atoms with Crippen molar-refractivity contribution in [3.05, 3.63) is 64.7 Å². The van der Waals surface area contributed by atoms with Gasteiger partial charge in [-0.05, 0) is 35.6 Å². The van der Waals surface area contributed by atoms with Gasteiger partial charge in [0.05, 0.1) is 5.39 Å². The second-order valence-corrected chi connectivity index (χ2v) is 9.02. The summed E-state index contributed by atoms with van der Waals surface area (Å²) in [6.45, 7) is 5.19. The van der Waals surface area contributed by atoms with E-state index in [1.165, 1.54) is 0 Å². The number of hydroxylamine groups is 1. The standard InChI is InChI=1S/C24H29N7O3/c1-24(2,15-27-22-17-6-3-4-7-18(17)23(33)30-29-22)14-26-19(32)8-5-9-20-28-21(31-34-20)16-10-12-25-13-11-16/h3-4,6-7,10-13,21,31H,5,8-9,14-15H2,1-2H3,(H,26,32)(H,27,29)(H,30,33). The van der Waals surface area contributed by atoms with Crippen molar-refractivity contribution in [2.45, 2.75) is 39.3 Å². The molecule has 0 saturated heterocycles. The number of nitrogens with zero attached hydrogens (tertiary/aromatic N) is 3. The first-order chi connectivity index (χ1) is 16.4. The summed E-state index contributed by atoms with van der Waals surface area (Å²) >= 11 is 0. The fourth-order valence-electron chi connectivity index (χ4n) is 3.59. The lowest BCUT2D eigenvalue weighted by Gasteiger charge is -2.26. The highest BCUT2D eigenvalue weighted by molar-refractivity contribution is 5.90. The number of hydrogen-bond acceptors (Lipinski definition) is 8. The van der Waals surface area contributed by atoms with Crippen LogP contribution >= 0.6 is 0 Å². The molecule has 1 unspecified atom stereocenters. The number of aromatic amines is 1. The van der Waals surface area contributed by atoms with Crippen molar-refractivity contribution >= 4 is 28.4 Å². The Morgan fingerprint density at radius 1 is 1.12 bits per heavy atom. The molecule has 4 N–H and O–H groups in total. The van der Waals surface area contributed by atoms with E-state index < -0.39 is 0 Å². The number of aliphatic imine (C=N–C) groups is 1. The van der Waals surface area contributed by atoms with E-state index in [1.54, 1.807) is 18.5 Å². The van der Waals surface area contributed by atoms with Gasteiger partial charge in [-0.1, -0.05) is 32.0 Å². The lowest BCUT2D eigenvalue weighted by atomic mass is 9.93. The van der Waals surface area contributed by atoms with Gasteiger partial charge in [-0.25, -0.2) is 10.1 Å². The second-order valence-electron chi connectivity index (χ2n) is 9.02. The highest BCUT2D eigenvalue weighted by atomic mass is 16.7. The van der Waals surface area contributed by atoms with Crippen LogP contribution in [0.1, 0.15) is 44.8 Å². The van der Waals surface area contributed by atoms with Crippen LogP contribution in [-0.2, 0) is 9.63 Å². The normalized spacial score (nSPS) is 15.6. The lowest BCUT2D eigenvalue weighted by molar-refractivity contribution is -0.121. The minimum Gasteiger partial charge on any atom is -0.391 e. The van der Waals surface area contributed by atoms with Crippen molar-refractivity contribution in [3.63, 3.8) is 0 Å². The Morgan fingerprint density at radius 2 is 1.88 bits per heavy atom. The molecule has 1 aromatic carbocycles. The number of hydrogen-bond donors (Lipinski definition) is 4. The zero-order valence-electron chi connectivity index (χ0n) is 19.3. The molecule has 3 heterocycles. The maximum atomic E-state index is 12.3. The summed E-state index contributed by atoms with van der Waals surface area (Å²) in [6, 6.07) is 11.1. The van der Waals surface area contributed by atoms with Crippen LogP contribution in [0.5, 0.6) is 0 Å². The third-order valence-corrected chi connectivity index (χ3v) is 5.57. The molecule has 2 aromatic heterocycles. The number of carbonyl (C=O) groups is 1. The Balaban J connectivity index is 1.20. The molecule has 1 amide bonds. The monoisotopic (exact) mass is 463 g/mol. The van der Waals surface area contributed by atoms with Crippen LogP contribution in [0, 0.1) is 5.41 Å². The first-order valence-corrected chi connectivity index (χ1v) is 11.3. The van der Waals surface area contributed by atoms with Crippen LogP contribution in [0.4, 0.5) is 5.82 Å². The first-order valence-electron chi connectivity index (χ1n) is 11.3. The van der Waals surface area contributed by atoms with Gasteiger partial charge in [0.15, 0.2) is 12.0 Å². The summed E-state index contributed by atoms with van der Waals surface area (Å²) in [5.41, 5.74) is 3.42. The van der Waals surface area contributed by atoms with Crippen LogP contribution < -0.4 is 21.7 Å². The molecule has 4 rings (SSSR count). The molecular weight excluding hydrogens is 434 g/mol. The van der Waals surface area contributed by atoms with E-state index in [0.29, 0.717) is 49.5 Å². The molecule has 0 radical (unpaired) electrons. The molecule has 1 aliphatic heterocycles. The summed E-state index contributed by atoms with van der Waals surface area (Å²) in [5, 5.41) is 14.3. The number of fused-ring (bicyclic) bond motifs is 1. The highest BCUT2D eigenvalue weighted by Crippen LogP contribution is 2.21. The van der Waals surface area contributed by atoms with Gasteiger partial charge in [-0.3, -0.25) is 14.6 Å². The average molecular weight is 464 g/mol. The molecule has 1 atom stereocenters. The van der Waals surface area contributed by atoms with Gasteiger partial charge < -0.3 is 15.5 Å². The summed E-state index contributed by atoms with van der Waals surface area (Å²) < 4.78 is 0. The van der Waals surface area contributed by atoms with Gasteiger partial charge in [0, 0.05) is 43.7 Å². The molecule has 0 spiro atoms. The Bertz CT molecular complexity index is 1220. The predicted molar refractivity (Wildman–Crippen MR) is 130 cm³/mol. The second kappa shape index (κ2) is 10.4.